The number of para-hydroxylation sites is 1. The summed E-state index contributed by atoms with van der Waals surface area (Å²) in [5.41, 5.74) is 3.92. The van der Waals surface area contributed by atoms with Crippen LogP contribution in [0.5, 0.6) is 5.75 Å². The minimum absolute atomic E-state index is 0.169. The minimum Gasteiger partial charge on any atom is -0.495 e. The summed E-state index contributed by atoms with van der Waals surface area (Å²) in [6, 6.07) is 12.7. The Labute approximate surface area is 151 Å². The number of nitrogens with zero attached hydrogens (tertiary/aromatic N) is 1. The van der Waals surface area contributed by atoms with Gasteiger partial charge in [0, 0.05) is 23.5 Å². The number of aryl methyl sites for hydroxylation is 1. The summed E-state index contributed by atoms with van der Waals surface area (Å²) in [7, 11) is 1.62. The zero-order valence-corrected chi connectivity index (χ0v) is 14.8. The zero-order chi connectivity index (χ0) is 18.3. The predicted octanol–water partition coefficient (Wildman–Crippen LogP) is 3.44. The van der Waals surface area contributed by atoms with E-state index in [-0.39, 0.29) is 11.5 Å². The monoisotopic (exact) mass is 348 g/mol. The lowest BCUT2D eigenvalue weighted by Gasteiger charge is -2.32. The second-order valence-corrected chi connectivity index (χ2v) is 6.57. The molecule has 0 bridgehead atoms. The van der Waals surface area contributed by atoms with E-state index >= 15 is 0 Å². The number of anilines is 1. The SMILES string of the molecule is COc1ccc(C)c2c1N(C(=O)c1cc(=O)[nH]c3ccccc13)CCC2. The highest BCUT2D eigenvalue weighted by Gasteiger charge is 2.29. The molecule has 2 heterocycles. The van der Waals surface area contributed by atoms with Crippen molar-refractivity contribution < 1.29 is 9.53 Å². The molecule has 4 rings (SSSR count). The topological polar surface area (TPSA) is 62.4 Å². The molecule has 132 valence electrons. The molecular weight excluding hydrogens is 328 g/mol. The highest BCUT2D eigenvalue weighted by atomic mass is 16.5. The van der Waals surface area contributed by atoms with Gasteiger partial charge in [-0.15, -0.1) is 0 Å². The van der Waals surface area contributed by atoms with Crippen molar-refractivity contribution in [2.75, 3.05) is 18.6 Å². The van der Waals surface area contributed by atoms with Gasteiger partial charge in [-0.05, 0) is 43.0 Å². The first-order valence-corrected chi connectivity index (χ1v) is 8.70. The Morgan fingerprint density at radius 1 is 1.19 bits per heavy atom. The van der Waals surface area contributed by atoms with E-state index in [9.17, 15) is 9.59 Å². The molecule has 5 heteroatoms. The van der Waals surface area contributed by atoms with Crippen LogP contribution in [-0.2, 0) is 6.42 Å². The van der Waals surface area contributed by atoms with Gasteiger partial charge in [-0.1, -0.05) is 24.3 Å². The van der Waals surface area contributed by atoms with Crippen molar-refractivity contribution in [3.63, 3.8) is 0 Å². The molecule has 5 nitrogen and oxygen atoms in total. The molecule has 0 atom stereocenters. The molecule has 0 spiro atoms. The number of ether oxygens (including phenoxy) is 1. The summed E-state index contributed by atoms with van der Waals surface area (Å²) in [6.45, 7) is 2.65. The van der Waals surface area contributed by atoms with E-state index in [2.05, 4.69) is 11.9 Å². The third kappa shape index (κ3) is 2.56. The van der Waals surface area contributed by atoms with Gasteiger partial charge in [-0.3, -0.25) is 9.59 Å². The number of aromatic nitrogens is 1. The molecule has 1 N–H and O–H groups in total. The third-order valence-corrected chi connectivity index (χ3v) is 5.00. The van der Waals surface area contributed by atoms with Crippen molar-refractivity contribution in [2.24, 2.45) is 0 Å². The van der Waals surface area contributed by atoms with Gasteiger partial charge in [-0.25, -0.2) is 0 Å². The number of aromatic amines is 1. The Hall–Kier alpha value is -3.08. The molecule has 1 amide bonds. The van der Waals surface area contributed by atoms with Crippen LogP contribution in [0.15, 0.2) is 47.3 Å². The molecule has 3 aromatic rings. The highest BCUT2D eigenvalue weighted by Crippen LogP contribution is 2.39. The maximum absolute atomic E-state index is 13.4. The number of hydrogen-bond donors (Lipinski definition) is 1. The van der Waals surface area contributed by atoms with Crippen molar-refractivity contribution in [3.05, 3.63) is 69.5 Å². The average Bonchev–Trinajstić information content (AvgIpc) is 2.67. The third-order valence-electron chi connectivity index (χ3n) is 5.00. The first kappa shape index (κ1) is 16.4. The predicted molar refractivity (Wildman–Crippen MR) is 102 cm³/mol. The quantitative estimate of drug-likeness (QED) is 0.772. The molecule has 26 heavy (non-hydrogen) atoms. The maximum atomic E-state index is 13.4. The number of methoxy groups -OCH3 is 1. The lowest BCUT2D eigenvalue weighted by atomic mass is 9.95. The molecule has 0 aliphatic carbocycles. The molecular formula is C21H20N2O3. The Morgan fingerprint density at radius 3 is 2.81 bits per heavy atom. The molecule has 0 saturated carbocycles. The van der Waals surface area contributed by atoms with Crippen LogP contribution < -0.4 is 15.2 Å². The first-order valence-electron chi connectivity index (χ1n) is 8.70. The van der Waals surface area contributed by atoms with Crippen molar-refractivity contribution in [1.29, 1.82) is 0 Å². The molecule has 0 radical (unpaired) electrons. The molecule has 1 aromatic heterocycles. The van der Waals surface area contributed by atoms with Crippen LogP contribution in [-0.4, -0.2) is 24.5 Å². The standard InChI is InChI=1S/C21H20N2O3/c1-13-9-10-18(26-2)20-14(13)7-5-11-23(20)21(25)16-12-19(24)22-17-8-4-3-6-15(16)17/h3-4,6,8-10,12H,5,7,11H2,1-2H3,(H,22,24). The summed E-state index contributed by atoms with van der Waals surface area (Å²) in [6.07, 6.45) is 1.80. The number of fused-ring (bicyclic) bond motifs is 2. The molecule has 1 aliphatic rings. The van der Waals surface area contributed by atoms with Crippen molar-refractivity contribution in [2.45, 2.75) is 19.8 Å². The molecule has 0 saturated heterocycles. The van der Waals surface area contributed by atoms with Gasteiger partial charge in [0.05, 0.1) is 18.4 Å². The maximum Gasteiger partial charge on any atom is 0.259 e. The average molecular weight is 348 g/mol. The minimum atomic E-state index is -0.277. The fourth-order valence-corrected chi connectivity index (χ4v) is 3.75. The van der Waals surface area contributed by atoms with Crippen LogP contribution in [0.2, 0.25) is 0 Å². The van der Waals surface area contributed by atoms with Gasteiger partial charge in [0.15, 0.2) is 0 Å². The fourth-order valence-electron chi connectivity index (χ4n) is 3.75. The fraction of sp³-hybridized carbons (Fsp3) is 0.238. The second kappa shape index (κ2) is 6.33. The van der Waals surface area contributed by atoms with Crippen LogP contribution in [0.25, 0.3) is 10.9 Å². The summed E-state index contributed by atoms with van der Waals surface area (Å²) < 4.78 is 5.53. The van der Waals surface area contributed by atoms with Gasteiger partial charge in [-0.2, -0.15) is 0 Å². The van der Waals surface area contributed by atoms with Crippen LogP contribution in [0, 0.1) is 6.92 Å². The summed E-state index contributed by atoms with van der Waals surface area (Å²) in [5, 5.41) is 0.746. The number of nitrogens with one attached hydrogen (secondary N) is 1. The van der Waals surface area contributed by atoms with Crippen LogP contribution >= 0.6 is 0 Å². The molecule has 0 unspecified atom stereocenters. The highest BCUT2D eigenvalue weighted by molar-refractivity contribution is 6.14. The number of rotatable bonds is 2. The van der Waals surface area contributed by atoms with Gasteiger partial charge in [0.1, 0.15) is 5.75 Å². The summed E-state index contributed by atoms with van der Waals surface area (Å²) in [5.74, 6) is 0.518. The Bertz CT molecular complexity index is 1070. The van der Waals surface area contributed by atoms with Gasteiger partial charge in [0.25, 0.3) is 5.91 Å². The van der Waals surface area contributed by atoms with E-state index in [1.807, 2.05) is 36.4 Å². The van der Waals surface area contributed by atoms with E-state index in [1.165, 1.54) is 6.07 Å². The second-order valence-electron chi connectivity index (χ2n) is 6.57. The van der Waals surface area contributed by atoms with E-state index < -0.39 is 0 Å². The van der Waals surface area contributed by atoms with E-state index in [0.717, 1.165) is 35.0 Å². The number of carbonyl (C=O) groups excluding carboxylic acids is 1. The summed E-state index contributed by atoms with van der Waals surface area (Å²) in [4.78, 5) is 30.0. The van der Waals surface area contributed by atoms with E-state index in [1.54, 1.807) is 12.0 Å². The number of hydrogen-bond acceptors (Lipinski definition) is 3. The van der Waals surface area contributed by atoms with E-state index in [4.69, 9.17) is 4.74 Å². The van der Waals surface area contributed by atoms with Gasteiger partial charge in [0.2, 0.25) is 5.56 Å². The Balaban J connectivity index is 1.90. The van der Waals surface area contributed by atoms with Crippen LogP contribution in [0.3, 0.4) is 0 Å². The molecule has 0 fully saturated rings. The lowest BCUT2D eigenvalue weighted by Crippen LogP contribution is -2.36. The molecule has 1 aliphatic heterocycles. The lowest BCUT2D eigenvalue weighted by molar-refractivity contribution is 0.0985. The summed E-state index contributed by atoms with van der Waals surface area (Å²) >= 11 is 0. The van der Waals surface area contributed by atoms with Crippen molar-refractivity contribution in [1.82, 2.24) is 4.98 Å². The first-order chi connectivity index (χ1) is 12.6. The van der Waals surface area contributed by atoms with Crippen molar-refractivity contribution >= 4 is 22.5 Å². The van der Waals surface area contributed by atoms with Crippen LogP contribution in [0.1, 0.15) is 27.9 Å². The van der Waals surface area contributed by atoms with Crippen LogP contribution in [0.4, 0.5) is 5.69 Å². The number of carbonyl (C=O) groups is 1. The van der Waals surface area contributed by atoms with Gasteiger partial charge >= 0.3 is 0 Å². The number of H-pyrrole nitrogens is 1. The zero-order valence-electron chi connectivity index (χ0n) is 14.8. The largest absolute Gasteiger partial charge is 0.495 e. The normalized spacial score (nSPS) is 13.5. The number of pyridine rings is 1. The smallest absolute Gasteiger partial charge is 0.259 e. The molecule has 2 aromatic carbocycles. The number of amides is 1. The Morgan fingerprint density at radius 2 is 2.00 bits per heavy atom. The number of benzene rings is 2. The van der Waals surface area contributed by atoms with Gasteiger partial charge < -0.3 is 14.6 Å². The van der Waals surface area contributed by atoms with Crippen molar-refractivity contribution in [3.8, 4) is 5.75 Å². The van der Waals surface area contributed by atoms with E-state index in [0.29, 0.717) is 23.4 Å². The Kier molecular flexibility index (Phi) is 3.99.